The zero-order valence-corrected chi connectivity index (χ0v) is 10.8. The number of para-hydroxylation sites is 2. The van der Waals surface area contributed by atoms with Crippen LogP contribution < -0.4 is 5.32 Å². The lowest BCUT2D eigenvalue weighted by molar-refractivity contribution is -0.384. The van der Waals surface area contributed by atoms with E-state index in [2.05, 4.69) is 5.32 Å². The summed E-state index contributed by atoms with van der Waals surface area (Å²) in [7, 11) is 0. The molecule has 0 aliphatic carbocycles. The van der Waals surface area contributed by atoms with E-state index >= 15 is 0 Å². The van der Waals surface area contributed by atoms with Gasteiger partial charge in [0.1, 0.15) is 17.2 Å². The fourth-order valence-corrected chi connectivity index (χ4v) is 1.96. The standard InChI is InChI=1S/C14H14N2O4/c1-9(11-7-6-10(17)8-14(11)18)15-12-4-2-3-5-13(12)16(19)20/h2-9,15,17-18H,1H3. The molecule has 1 atom stereocenters. The minimum Gasteiger partial charge on any atom is -0.508 e. The highest BCUT2D eigenvalue weighted by atomic mass is 16.6. The Bertz CT molecular complexity index is 643. The SMILES string of the molecule is CC(Nc1ccccc1[N+](=O)[O-])c1ccc(O)cc1O. The van der Waals surface area contributed by atoms with E-state index < -0.39 is 4.92 Å². The van der Waals surface area contributed by atoms with Gasteiger partial charge in [-0.15, -0.1) is 0 Å². The maximum atomic E-state index is 10.9. The lowest BCUT2D eigenvalue weighted by atomic mass is 10.1. The van der Waals surface area contributed by atoms with Crippen molar-refractivity contribution in [3.05, 3.63) is 58.1 Å². The smallest absolute Gasteiger partial charge is 0.292 e. The second kappa shape index (κ2) is 5.48. The molecule has 2 rings (SSSR count). The Morgan fingerprint density at radius 2 is 1.90 bits per heavy atom. The van der Waals surface area contributed by atoms with Crippen molar-refractivity contribution in [3.63, 3.8) is 0 Å². The van der Waals surface area contributed by atoms with E-state index in [0.717, 1.165) is 0 Å². The molecule has 104 valence electrons. The first-order valence-corrected chi connectivity index (χ1v) is 6.01. The van der Waals surface area contributed by atoms with Gasteiger partial charge in [0.25, 0.3) is 5.69 Å². The van der Waals surface area contributed by atoms with Crippen molar-refractivity contribution in [2.75, 3.05) is 5.32 Å². The van der Waals surface area contributed by atoms with Gasteiger partial charge in [-0.1, -0.05) is 12.1 Å². The van der Waals surface area contributed by atoms with Crippen LogP contribution in [0.15, 0.2) is 42.5 Å². The molecular formula is C14H14N2O4. The van der Waals surface area contributed by atoms with Crippen molar-refractivity contribution in [2.45, 2.75) is 13.0 Å². The molecule has 0 amide bonds. The van der Waals surface area contributed by atoms with Gasteiger partial charge in [0.2, 0.25) is 0 Å². The van der Waals surface area contributed by atoms with Crippen molar-refractivity contribution in [3.8, 4) is 11.5 Å². The monoisotopic (exact) mass is 274 g/mol. The molecule has 0 bridgehead atoms. The van der Waals surface area contributed by atoms with Gasteiger partial charge in [0, 0.05) is 17.7 Å². The largest absolute Gasteiger partial charge is 0.508 e. The lowest BCUT2D eigenvalue weighted by Crippen LogP contribution is -2.08. The average Bonchev–Trinajstić information content (AvgIpc) is 2.38. The zero-order chi connectivity index (χ0) is 14.7. The number of rotatable bonds is 4. The van der Waals surface area contributed by atoms with Crippen LogP contribution in [0.2, 0.25) is 0 Å². The fourth-order valence-electron chi connectivity index (χ4n) is 1.96. The van der Waals surface area contributed by atoms with Crippen molar-refractivity contribution in [1.82, 2.24) is 0 Å². The van der Waals surface area contributed by atoms with Crippen molar-refractivity contribution in [2.24, 2.45) is 0 Å². The van der Waals surface area contributed by atoms with Crippen LogP contribution in [0.3, 0.4) is 0 Å². The third-order valence-electron chi connectivity index (χ3n) is 2.95. The number of anilines is 1. The Kier molecular flexibility index (Phi) is 3.74. The molecule has 0 radical (unpaired) electrons. The van der Waals surface area contributed by atoms with Crippen molar-refractivity contribution in [1.29, 1.82) is 0 Å². The Morgan fingerprint density at radius 1 is 1.20 bits per heavy atom. The number of phenolic OH excluding ortho intramolecular Hbond substituents is 2. The highest BCUT2D eigenvalue weighted by molar-refractivity contribution is 5.62. The number of aromatic hydroxyl groups is 2. The second-order valence-electron chi connectivity index (χ2n) is 4.38. The number of nitro groups is 1. The molecule has 2 aromatic carbocycles. The van der Waals surface area contributed by atoms with E-state index in [4.69, 9.17) is 0 Å². The van der Waals surface area contributed by atoms with Gasteiger partial charge in [-0.3, -0.25) is 10.1 Å². The molecule has 0 heterocycles. The van der Waals surface area contributed by atoms with Crippen molar-refractivity contribution < 1.29 is 15.1 Å². The Balaban J connectivity index is 2.28. The normalized spacial score (nSPS) is 11.8. The summed E-state index contributed by atoms with van der Waals surface area (Å²) in [5.74, 6) is -0.104. The molecule has 0 fully saturated rings. The van der Waals surface area contributed by atoms with Gasteiger partial charge in [0.15, 0.2) is 0 Å². The molecule has 0 aliphatic heterocycles. The van der Waals surface area contributed by atoms with Gasteiger partial charge in [-0.25, -0.2) is 0 Å². The molecule has 2 aromatic rings. The maximum Gasteiger partial charge on any atom is 0.292 e. The molecule has 0 aliphatic rings. The first kappa shape index (κ1) is 13.7. The number of hydrogen-bond donors (Lipinski definition) is 3. The summed E-state index contributed by atoms with van der Waals surface area (Å²) in [5.41, 5.74) is 0.885. The van der Waals surface area contributed by atoms with E-state index in [-0.39, 0.29) is 23.2 Å². The third-order valence-corrected chi connectivity index (χ3v) is 2.95. The molecule has 0 saturated heterocycles. The molecule has 1 unspecified atom stereocenters. The Morgan fingerprint density at radius 3 is 2.55 bits per heavy atom. The summed E-state index contributed by atoms with van der Waals surface area (Å²) in [6, 6.07) is 10.2. The molecule has 6 nitrogen and oxygen atoms in total. The minimum absolute atomic E-state index is 0.0300. The molecule has 20 heavy (non-hydrogen) atoms. The van der Waals surface area contributed by atoms with Crippen LogP contribution in [0.5, 0.6) is 11.5 Å². The van der Waals surface area contributed by atoms with E-state index in [9.17, 15) is 20.3 Å². The molecule has 3 N–H and O–H groups in total. The van der Waals surface area contributed by atoms with Gasteiger partial charge in [-0.2, -0.15) is 0 Å². The van der Waals surface area contributed by atoms with Gasteiger partial charge in [0.05, 0.1) is 11.0 Å². The predicted molar refractivity (Wildman–Crippen MR) is 74.9 cm³/mol. The molecule has 0 spiro atoms. The maximum absolute atomic E-state index is 10.9. The molecular weight excluding hydrogens is 260 g/mol. The number of nitrogens with one attached hydrogen (secondary N) is 1. The van der Waals surface area contributed by atoms with Crippen LogP contribution in [0, 0.1) is 10.1 Å². The van der Waals surface area contributed by atoms with E-state index in [1.165, 1.54) is 18.2 Å². The van der Waals surface area contributed by atoms with Crippen molar-refractivity contribution >= 4 is 11.4 Å². The quantitative estimate of drug-likeness (QED) is 0.587. The summed E-state index contributed by atoms with van der Waals surface area (Å²) in [6.07, 6.45) is 0. The topological polar surface area (TPSA) is 95.6 Å². The van der Waals surface area contributed by atoms with Crippen LogP contribution in [0.1, 0.15) is 18.5 Å². The van der Waals surface area contributed by atoms with Crippen LogP contribution in [0.4, 0.5) is 11.4 Å². The lowest BCUT2D eigenvalue weighted by Gasteiger charge is -2.17. The van der Waals surface area contributed by atoms with E-state index in [1.807, 2.05) is 0 Å². The van der Waals surface area contributed by atoms with Gasteiger partial charge in [-0.05, 0) is 25.1 Å². The molecule has 0 aromatic heterocycles. The van der Waals surface area contributed by atoms with Crippen LogP contribution in [0.25, 0.3) is 0 Å². The Hall–Kier alpha value is -2.76. The summed E-state index contributed by atoms with van der Waals surface area (Å²) in [4.78, 5) is 10.5. The zero-order valence-electron chi connectivity index (χ0n) is 10.8. The second-order valence-corrected chi connectivity index (χ2v) is 4.38. The fraction of sp³-hybridized carbons (Fsp3) is 0.143. The van der Waals surface area contributed by atoms with E-state index in [0.29, 0.717) is 11.3 Å². The minimum atomic E-state index is -0.467. The van der Waals surface area contributed by atoms with Crippen LogP contribution >= 0.6 is 0 Å². The van der Waals surface area contributed by atoms with Gasteiger partial charge >= 0.3 is 0 Å². The number of benzene rings is 2. The predicted octanol–water partition coefficient (Wildman–Crippen LogP) is 3.18. The molecule has 0 saturated carbocycles. The molecule has 6 heteroatoms. The summed E-state index contributed by atoms with van der Waals surface area (Å²) in [5, 5.41) is 33.0. The summed E-state index contributed by atoms with van der Waals surface area (Å²) < 4.78 is 0. The number of nitro benzene ring substituents is 1. The van der Waals surface area contributed by atoms with E-state index in [1.54, 1.807) is 31.2 Å². The van der Waals surface area contributed by atoms with Crippen LogP contribution in [-0.4, -0.2) is 15.1 Å². The number of phenols is 2. The number of hydrogen-bond acceptors (Lipinski definition) is 5. The first-order valence-electron chi connectivity index (χ1n) is 6.01. The summed E-state index contributed by atoms with van der Waals surface area (Å²) >= 11 is 0. The highest BCUT2D eigenvalue weighted by Crippen LogP contribution is 2.32. The number of nitrogens with zero attached hydrogens (tertiary/aromatic N) is 1. The van der Waals surface area contributed by atoms with Gasteiger partial charge < -0.3 is 15.5 Å². The van der Waals surface area contributed by atoms with Crippen LogP contribution in [-0.2, 0) is 0 Å². The first-order chi connectivity index (χ1) is 9.49. The average molecular weight is 274 g/mol. The highest BCUT2D eigenvalue weighted by Gasteiger charge is 2.16. The third kappa shape index (κ3) is 2.80. The summed E-state index contributed by atoms with van der Waals surface area (Å²) in [6.45, 7) is 1.77. The Labute approximate surface area is 115 Å².